The van der Waals surface area contributed by atoms with Crippen LogP contribution in [0.4, 0.5) is 11.4 Å². The molecule has 0 aliphatic carbocycles. The lowest BCUT2D eigenvalue weighted by atomic mass is 10.2. The first-order chi connectivity index (χ1) is 15.1. The molecule has 0 unspecified atom stereocenters. The summed E-state index contributed by atoms with van der Waals surface area (Å²) in [6, 6.07) is 15.7. The summed E-state index contributed by atoms with van der Waals surface area (Å²) in [5.74, 6) is 1.65. The van der Waals surface area contributed by atoms with Crippen LogP contribution >= 0.6 is 11.8 Å². The van der Waals surface area contributed by atoms with Gasteiger partial charge >= 0.3 is 0 Å². The van der Waals surface area contributed by atoms with Crippen molar-refractivity contribution in [1.82, 2.24) is 14.8 Å². The van der Waals surface area contributed by atoms with Gasteiger partial charge in [0.25, 0.3) is 0 Å². The van der Waals surface area contributed by atoms with Gasteiger partial charge < -0.3 is 19.5 Å². The number of amides is 1. The van der Waals surface area contributed by atoms with Crippen LogP contribution in [0, 0.1) is 0 Å². The van der Waals surface area contributed by atoms with Gasteiger partial charge in [0.15, 0.2) is 11.0 Å². The third kappa shape index (κ3) is 5.58. The molecule has 1 N–H and O–H groups in total. The average Bonchev–Trinajstić information content (AvgIpc) is 3.22. The molecule has 3 aromatic rings. The minimum absolute atomic E-state index is 0.103. The normalized spacial score (nSPS) is 10.7. The summed E-state index contributed by atoms with van der Waals surface area (Å²) in [4.78, 5) is 14.7. The van der Waals surface area contributed by atoms with Crippen molar-refractivity contribution in [2.75, 3.05) is 36.2 Å². The molecule has 0 aliphatic heterocycles. The predicted molar refractivity (Wildman–Crippen MR) is 127 cm³/mol. The standard InChI is InChI=1S/C23H29N5O2S/c1-5-27(6-2)19-13-11-17(12-14-19)22-25-26-23(28(22)7-3)31-16-21(29)24-18-9-8-10-20(15-18)30-4/h8-15H,5-7,16H2,1-4H3,(H,24,29). The maximum absolute atomic E-state index is 12.4. The van der Waals surface area contributed by atoms with Crippen molar-refractivity contribution >= 4 is 29.0 Å². The second kappa shape index (κ2) is 10.9. The maximum Gasteiger partial charge on any atom is 0.234 e. The Labute approximate surface area is 187 Å². The summed E-state index contributed by atoms with van der Waals surface area (Å²) in [7, 11) is 1.60. The summed E-state index contributed by atoms with van der Waals surface area (Å²) < 4.78 is 7.23. The number of hydrogen-bond donors (Lipinski definition) is 1. The summed E-state index contributed by atoms with van der Waals surface area (Å²) in [5, 5.41) is 12.3. The zero-order valence-electron chi connectivity index (χ0n) is 18.5. The van der Waals surface area contributed by atoms with E-state index < -0.39 is 0 Å². The molecule has 0 fully saturated rings. The Kier molecular flexibility index (Phi) is 7.94. The van der Waals surface area contributed by atoms with E-state index >= 15 is 0 Å². The Bertz CT molecular complexity index is 999. The highest BCUT2D eigenvalue weighted by Crippen LogP contribution is 2.26. The number of aromatic nitrogens is 3. The topological polar surface area (TPSA) is 72.3 Å². The van der Waals surface area contributed by atoms with Gasteiger partial charge in [0.2, 0.25) is 5.91 Å². The minimum Gasteiger partial charge on any atom is -0.497 e. The molecule has 164 valence electrons. The van der Waals surface area contributed by atoms with Gasteiger partial charge in [0, 0.05) is 42.6 Å². The van der Waals surface area contributed by atoms with E-state index in [9.17, 15) is 4.79 Å². The number of nitrogens with one attached hydrogen (secondary N) is 1. The van der Waals surface area contributed by atoms with Gasteiger partial charge in [-0.05, 0) is 57.2 Å². The lowest BCUT2D eigenvalue weighted by Gasteiger charge is -2.21. The fourth-order valence-corrected chi connectivity index (χ4v) is 4.13. The highest BCUT2D eigenvalue weighted by Gasteiger charge is 2.15. The van der Waals surface area contributed by atoms with Crippen LogP contribution < -0.4 is 15.0 Å². The number of ether oxygens (including phenoxy) is 1. The van der Waals surface area contributed by atoms with Crippen LogP contribution in [0.2, 0.25) is 0 Å². The van der Waals surface area contributed by atoms with Crippen molar-refractivity contribution in [3.05, 3.63) is 48.5 Å². The van der Waals surface area contributed by atoms with E-state index in [2.05, 4.69) is 65.5 Å². The van der Waals surface area contributed by atoms with Gasteiger partial charge in [-0.1, -0.05) is 17.8 Å². The number of thioether (sulfide) groups is 1. The van der Waals surface area contributed by atoms with E-state index in [4.69, 9.17) is 4.74 Å². The zero-order valence-corrected chi connectivity index (χ0v) is 19.3. The molecule has 31 heavy (non-hydrogen) atoms. The molecule has 0 atom stereocenters. The van der Waals surface area contributed by atoms with Crippen LogP contribution in [-0.2, 0) is 11.3 Å². The minimum atomic E-state index is -0.103. The third-order valence-electron chi connectivity index (χ3n) is 4.97. The average molecular weight is 440 g/mol. The van der Waals surface area contributed by atoms with Gasteiger partial charge in [-0.25, -0.2) is 0 Å². The van der Waals surface area contributed by atoms with E-state index in [1.54, 1.807) is 13.2 Å². The van der Waals surface area contributed by atoms with Crippen molar-refractivity contribution in [2.45, 2.75) is 32.5 Å². The largest absolute Gasteiger partial charge is 0.497 e. The van der Waals surface area contributed by atoms with Crippen molar-refractivity contribution in [1.29, 1.82) is 0 Å². The lowest BCUT2D eigenvalue weighted by Crippen LogP contribution is -2.21. The van der Waals surface area contributed by atoms with E-state index in [1.165, 1.54) is 17.4 Å². The first-order valence-electron chi connectivity index (χ1n) is 10.4. The second-order valence-corrected chi connectivity index (χ2v) is 7.78. The molecule has 0 bridgehead atoms. The molecule has 0 aliphatic rings. The third-order valence-corrected chi connectivity index (χ3v) is 5.94. The van der Waals surface area contributed by atoms with Crippen molar-refractivity contribution in [2.24, 2.45) is 0 Å². The van der Waals surface area contributed by atoms with Crippen LogP contribution in [-0.4, -0.2) is 46.6 Å². The molecular formula is C23H29N5O2S. The molecule has 0 radical (unpaired) electrons. The SMILES string of the molecule is CCN(CC)c1ccc(-c2nnc(SCC(=O)Nc3cccc(OC)c3)n2CC)cc1. The number of anilines is 2. The number of carbonyl (C=O) groups is 1. The molecule has 3 rings (SSSR count). The number of nitrogens with zero attached hydrogens (tertiary/aromatic N) is 4. The molecular weight excluding hydrogens is 410 g/mol. The number of carbonyl (C=O) groups excluding carboxylic acids is 1. The highest BCUT2D eigenvalue weighted by molar-refractivity contribution is 7.99. The smallest absolute Gasteiger partial charge is 0.234 e. The molecule has 1 heterocycles. The van der Waals surface area contributed by atoms with Gasteiger partial charge in [-0.2, -0.15) is 0 Å². The van der Waals surface area contributed by atoms with E-state index in [0.717, 1.165) is 36.2 Å². The molecule has 8 heteroatoms. The monoisotopic (exact) mass is 439 g/mol. The number of methoxy groups -OCH3 is 1. The zero-order chi connectivity index (χ0) is 22.2. The van der Waals surface area contributed by atoms with E-state index in [0.29, 0.717) is 11.4 Å². The van der Waals surface area contributed by atoms with Crippen LogP contribution in [0.1, 0.15) is 20.8 Å². The molecule has 2 aromatic carbocycles. The fourth-order valence-electron chi connectivity index (χ4n) is 3.33. The van der Waals surface area contributed by atoms with Gasteiger partial charge in [0.1, 0.15) is 5.75 Å². The Balaban J connectivity index is 1.67. The molecule has 1 aromatic heterocycles. The number of benzene rings is 2. The number of rotatable bonds is 10. The van der Waals surface area contributed by atoms with Gasteiger partial charge in [-0.3, -0.25) is 4.79 Å². The van der Waals surface area contributed by atoms with Crippen molar-refractivity contribution in [3.8, 4) is 17.1 Å². The van der Waals surface area contributed by atoms with E-state index in [1.807, 2.05) is 22.8 Å². The first kappa shape index (κ1) is 22.7. The van der Waals surface area contributed by atoms with Gasteiger partial charge in [-0.15, -0.1) is 10.2 Å². The second-order valence-electron chi connectivity index (χ2n) is 6.84. The first-order valence-corrected chi connectivity index (χ1v) is 11.4. The van der Waals surface area contributed by atoms with Crippen LogP contribution in [0.3, 0.4) is 0 Å². The van der Waals surface area contributed by atoms with Crippen LogP contribution in [0.5, 0.6) is 5.75 Å². The van der Waals surface area contributed by atoms with Crippen LogP contribution in [0.15, 0.2) is 53.7 Å². The highest BCUT2D eigenvalue weighted by atomic mass is 32.2. The summed E-state index contributed by atoms with van der Waals surface area (Å²) in [5.41, 5.74) is 2.91. The predicted octanol–water partition coefficient (Wildman–Crippen LogP) is 4.55. The summed E-state index contributed by atoms with van der Waals surface area (Å²) in [6.45, 7) is 9.02. The summed E-state index contributed by atoms with van der Waals surface area (Å²) >= 11 is 1.38. The van der Waals surface area contributed by atoms with Gasteiger partial charge in [0.05, 0.1) is 12.9 Å². The lowest BCUT2D eigenvalue weighted by molar-refractivity contribution is -0.113. The summed E-state index contributed by atoms with van der Waals surface area (Å²) in [6.07, 6.45) is 0. The molecule has 0 spiro atoms. The Morgan fingerprint density at radius 1 is 1.10 bits per heavy atom. The van der Waals surface area contributed by atoms with Crippen molar-refractivity contribution < 1.29 is 9.53 Å². The maximum atomic E-state index is 12.4. The van der Waals surface area contributed by atoms with E-state index in [-0.39, 0.29) is 11.7 Å². The Morgan fingerprint density at radius 3 is 2.48 bits per heavy atom. The number of hydrogen-bond acceptors (Lipinski definition) is 6. The van der Waals surface area contributed by atoms with Crippen LogP contribution in [0.25, 0.3) is 11.4 Å². The molecule has 0 saturated carbocycles. The quantitative estimate of drug-likeness (QED) is 0.467. The molecule has 0 saturated heterocycles. The van der Waals surface area contributed by atoms with Crippen molar-refractivity contribution in [3.63, 3.8) is 0 Å². The molecule has 1 amide bonds. The Hall–Kier alpha value is -3.00. The molecule has 7 nitrogen and oxygen atoms in total. The fraction of sp³-hybridized carbons (Fsp3) is 0.348. The Morgan fingerprint density at radius 2 is 1.84 bits per heavy atom.